The minimum absolute atomic E-state index is 0.160. The SMILES string of the molecule is COc1nn(C(C)C(=O)Nc2cnn(COc3ccc(Br)cc3)c2)cc1[N+](=O)[O-]. The molecule has 3 aromatic rings. The van der Waals surface area contributed by atoms with Gasteiger partial charge >= 0.3 is 11.6 Å². The molecule has 1 aromatic carbocycles. The third-order valence-corrected chi connectivity index (χ3v) is 4.45. The van der Waals surface area contributed by atoms with Gasteiger partial charge in [0.1, 0.15) is 18.0 Å². The van der Waals surface area contributed by atoms with E-state index in [1.165, 1.54) is 22.7 Å². The first-order chi connectivity index (χ1) is 13.9. The highest BCUT2D eigenvalue weighted by atomic mass is 79.9. The molecular weight excluding hydrogens is 448 g/mol. The molecule has 0 aliphatic heterocycles. The molecule has 1 atom stereocenters. The second kappa shape index (κ2) is 8.73. The molecule has 12 heteroatoms. The molecular formula is C17H17BrN6O5. The number of hydrogen-bond acceptors (Lipinski definition) is 7. The molecule has 0 aliphatic rings. The van der Waals surface area contributed by atoms with Crippen LogP contribution in [0.5, 0.6) is 11.6 Å². The number of amides is 1. The normalized spacial score (nSPS) is 11.7. The van der Waals surface area contributed by atoms with Gasteiger partial charge in [-0.3, -0.25) is 14.9 Å². The van der Waals surface area contributed by atoms with E-state index in [0.29, 0.717) is 11.4 Å². The highest BCUT2D eigenvalue weighted by Gasteiger charge is 2.25. The number of rotatable bonds is 8. The quantitative estimate of drug-likeness (QED) is 0.400. The number of nitrogens with zero attached hydrogens (tertiary/aromatic N) is 5. The van der Waals surface area contributed by atoms with E-state index >= 15 is 0 Å². The van der Waals surface area contributed by atoms with E-state index < -0.39 is 16.9 Å². The van der Waals surface area contributed by atoms with Gasteiger partial charge in [0.25, 0.3) is 0 Å². The summed E-state index contributed by atoms with van der Waals surface area (Å²) < 4.78 is 14.1. The summed E-state index contributed by atoms with van der Waals surface area (Å²) in [6.07, 6.45) is 4.23. The summed E-state index contributed by atoms with van der Waals surface area (Å²) in [5, 5.41) is 21.8. The number of hydrogen-bond donors (Lipinski definition) is 1. The van der Waals surface area contributed by atoms with E-state index in [-0.39, 0.29) is 18.3 Å². The first-order valence-electron chi connectivity index (χ1n) is 8.36. The fourth-order valence-corrected chi connectivity index (χ4v) is 2.64. The fraction of sp³-hybridized carbons (Fsp3) is 0.235. The topological polar surface area (TPSA) is 126 Å². The third kappa shape index (κ3) is 4.90. The molecule has 0 bridgehead atoms. The lowest BCUT2D eigenvalue weighted by atomic mass is 10.3. The maximum absolute atomic E-state index is 12.5. The zero-order valence-electron chi connectivity index (χ0n) is 15.5. The molecule has 1 N–H and O–H groups in total. The van der Waals surface area contributed by atoms with Gasteiger partial charge in [0.2, 0.25) is 5.91 Å². The van der Waals surface area contributed by atoms with Crippen molar-refractivity contribution in [3.8, 4) is 11.6 Å². The van der Waals surface area contributed by atoms with Crippen LogP contribution >= 0.6 is 15.9 Å². The number of nitrogens with one attached hydrogen (secondary N) is 1. The fourth-order valence-electron chi connectivity index (χ4n) is 2.37. The molecule has 11 nitrogen and oxygen atoms in total. The number of ether oxygens (including phenoxy) is 2. The summed E-state index contributed by atoms with van der Waals surface area (Å²) in [4.78, 5) is 22.8. The van der Waals surface area contributed by atoms with E-state index in [4.69, 9.17) is 9.47 Å². The van der Waals surface area contributed by atoms with E-state index in [1.807, 2.05) is 24.3 Å². The Labute approximate surface area is 173 Å². The number of carbonyl (C=O) groups is 1. The van der Waals surface area contributed by atoms with Gasteiger partial charge in [-0.1, -0.05) is 15.9 Å². The summed E-state index contributed by atoms with van der Waals surface area (Å²) in [5.74, 6) is 0.100. The van der Waals surface area contributed by atoms with Crippen LogP contribution in [0.15, 0.2) is 47.3 Å². The number of nitro groups is 1. The van der Waals surface area contributed by atoms with Crippen LogP contribution in [0.1, 0.15) is 13.0 Å². The van der Waals surface area contributed by atoms with Crippen LogP contribution < -0.4 is 14.8 Å². The maximum atomic E-state index is 12.5. The molecule has 0 aliphatic carbocycles. The Kier molecular flexibility index (Phi) is 6.12. The van der Waals surface area contributed by atoms with Crippen LogP contribution in [0.25, 0.3) is 0 Å². The van der Waals surface area contributed by atoms with Crippen molar-refractivity contribution in [1.82, 2.24) is 19.6 Å². The molecule has 2 aromatic heterocycles. The zero-order chi connectivity index (χ0) is 21.0. The van der Waals surface area contributed by atoms with Crippen molar-refractivity contribution in [1.29, 1.82) is 0 Å². The second-order valence-electron chi connectivity index (χ2n) is 5.92. The molecule has 1 unspecified atom stereocenters. The number of benzene rings is 1. The Hall–Kier alpha value is -3.41. The number of methoxy groups -OCH3 is 1. The van der Waals surface area contributed by atoms with Crippen LogP contribution in [0.4, 0.5) is 11.4 Å². The predicted molar refractivity (Wildman–Crippen MR) is 106 cm³/mol. The van der Waals surface area contributed by atoms with Gasteiger partial charge in [0.05, 0.1) is 30.1 Å². The highest BCUT2D eigenvalue weighted by Crippen LogP contribution is 2.26. The van der Waals surface area contributed by atoms with E-state index in [1.54, 1.807) is 13.1 Å². The first kappa shape index (κ1) is 20.3. The summed E-state index contributed by atoms with van der Waals surface area (Å²) in [7, 11) is 1.27. The molecule has 1 amide bonds. The van der Waals surface area contributed by atoms with E-state index in [9.17, 15) is 14.9 Å². The Morgan fingerprint density at radius 1 is 1.34 bits per heavy atom. The lowest BCUT2D eigenvalue weighted by molar-refractivity contribution is -0.385. The molecule has 0 spiro atoms. The van der Waals surface area contributed by atoms with Crippen LogP contribution in [0, 0.1) is 10.1 Å². The van der Waals surface area contributed by atoms with E-state index in [0.717, 1.165) is 10.7 Å². The summed E-state index contributed by atoms with van der Waals surface area (Å²) in [6.45, 7) is 1.72. The van der Waals surface area contributed by atoms with Gasteiger partial charge in [-0.2, -0.15) is 5.10 Å². The van der Waals surface area contributed by atoms with Crippen LogP contribution in [0.3, 0.4) is 0 Å². The third-order valence-electron chi connectivity index (χ3n) is 3.92. The van der Waals surface area contributed by atoms with Gasteiger partial charge in [0, 0.05) is 4.47 Å². The molecule has 29 heavy (non-hydrogen) atoms. The van der Waals surface area contributed by atoms with Crippen molar-refractivity contribution in [3.05, 3.63) is 57.4 Å². The monoisotopic (exact) mass is 464 g/mol. The lowest BCUT2D eigenvalue weighted by Gasteiger charge is -2.11. The number of aromatic nitrogens is 4. The molecule has 0 saturated carbocycles. The van der Waals surface area contributed by atoms with Crippen molar-refractivity contribution in [2.75, 3.05) is 12.4 Å². The lowest BCUT2D eigenvalue weighted by Crippen LogP contribution is -2.23. The van der Waals surface area contributed by atoms with Crippen molar-refractivity contribution in [2.24, 2.45) is 0 Å². The van der Waals surface area contributed by atoms with Crippen LogP contribution in [0.2, 0.25) is 0 Å². The summed E-state index contributed by atoms with van der Waals surface area (Å²) in [5.41, 5.74) is 0.139. The minimum atomic E-state index is -0.806. The predicted octanol–water partition coefficient (Wildman–Crippen LogP) is 3.00. The van der Waals surface area contributed by atoms with E-state index in [2.05, 4.69) is 31.4 Å². The average Bonchev–Trinajstić information content (AvgIpc) is 3.33. The van der Waals surface area contributed by atoms with Gasteiger partial charge in [0.15, 0.2) is 6.73 Å². The standard InChI is InChI=1S/C17H17BrN6O5/c1-11(23-9-15(24(26)27)17(21-23)28-2)16(25)20-13-7-19-22(8-13)10-29-14-5-3-12(18)4-6-14/h3-9,11H,10H2,1-2H3,(H,20,25). The average molecular weight is 465 g/mol. The molecule has 0 radical (unpaired) electrons. The van der Waals surface area contributed by atoms with Gasteiger partial charge in [-0.15, -0.1) is 5.10 Å². The molecule has 0 saturated heterocycles. The second-order valence-corrected chi connectivity index (χ2v) is 6.84. The Morgan fingerprint density at radius 2 is 2.07 bits per heavy atom. The number of anilines is 1. The van der Waals surface area contributed by atoms with Gasteiger partial charge < -0.3 is 14.8 Å². The Balaban J connectivity index is 1.60. The first-order valence-corrected chi connectivity index (χ1v) is 9.16. The Bertz CT molecular complexity index is 1020. The van der Waals surface area contributed by atoms with Crippen molar-refractivity contribution in [3.63, 3.8) is 0 Å². The molecule has 2 heterocycles. The molecule has 0 fully saturated rings. The maximum Gasteiger partial charge on any atom is 0.350 e. The van der Waals surface area contributed by atoms with Crippen molar-refractivity contribution in [2.45, 2.75) is 19.7 Å². The van der Waals surface area contributed by atoms with Gasteiger partial charge in [-0.25, -0.2) is 9.36 Å². The highest BCUT2D eigenvalue weighted by molar-refractivity contribution is 9.10. The number of carbonyl (C=O) groups excluding carboxylic acids is 1. The molecule has 3 rings (SSSR count). The van der Waals surface area contributed by atoms with Gasteiger partial charge in [-0.05, 0) is 31.2 Å². The zero-order valence-corrected chi connectivity index (χ0v) is 17.1. The Morgan fingerprint density at radius 3 is 2.69 bits per heavy atom. The molecule has 152 valence electrons. The smallest absolute Gasteiger partial charge is 0.350 e. The minimum Gasteiger partial charge on any atom is -0.475 e. The number of halogens is 1. The largest absolute Gasteiger partial charge is 0.475 e. The summed E-state index contributed by atoms with van der Waals surface area (Å²) >= 11 is 3.35. The van der Waals surface area contributed by atoms with Crippen molar-refractivity contribution < 1.29 is 19.2 Å². The van der Waals surface area contributed by atoms with Crippen molar-refractivity contribution >= 4 is 33.2 Å². The van der Waals surface area contributed by atoms with Crippen LogP contribution in [-0.2, 0) is 11.5 Å². The summed E-state index contributed by atoms with van der Waals surface area (Å²) in [6, 6.07) is 6.55. The van der Waals surface area contributed by atoms with Crippen LogP contribution in [-0.4, -0.2) is 37.5 Å².